The molecule has 124 valence electrons. The molecule has 1 aliphatic heterocycles. The molecule has 1 fully saturated rings. The Hall–Kier alpha value is -1.57. The predicted molar refractivity (Wildman–Crippen MR) is 103 cm³/mol. The second kappa shape index (κ2) is 8.90. The Kier molecular flexibility index (Phi) is 6.88. The van der Waals surface area contributed by atoms with Crippen LogP contribution in [0, 0.1) is 0 Å². The third kappa shape index (κ3) is 4.95. The van der Waals surface area contributed by atoms with Gasteiger partial charge in [-0.1, -0.05) is 48.3 Å². The molecule has 0 radical (unpaired) electrons. The van der Waals surface area contributed by atoms with E-state index in [2.05, 4.69) is 15.0 Å². The topological polar surface area (TPSA) is 67.6 Å². The van der Waals surface area contributed by atoms with Crippen LogP contribution < -0.4 is 5.73 Å². The van der Waals surface area contributed by atoms with Crippen LogP contribution in [0.2, 0.25) is 0 Å². The maximum Gasteiger partial charge on any atom is 0.191 e. The van der Waals surface area contributed by atoms with Gasteiger partial charge in [0, 0.05) is 24.7 Å². The highest BCUT2D eigenvalue weighted by Crippen LogP contribution is 2.20. The van der Waals surface area contributed by atoms with Gasteiger partial charge in [-0.05, 0) is 12.8 Å². The Morgan fingerprint density at radius 1 is 1.13 bits per heavy atom. The number of nitrogens with zero attached hydrogens (tertiary/aromatic N) is 3. The Bertz CT molecular complexity index is 619. The lowest BCUT2D eigenvalue weighted by Crippen LogP contribution is -2.38. The van der Waals surface area contributed by atoms with Crippen LogP contribution in [-0.2, 0) is 6.54 Å². The van der Waals surface area contributed by atoms with Crippen molar-refractivity contribution in [2.24, 2.45) is 10.7 Å². The Morgan fingerprint density at radius 2 is 1.83 bits per heavy atom. The molecule has 0 spiro atoms. The van der Waals surface area contributed by atoms with Gasteiger partial charge in [-0.3, -0.25) is 0 Å². The largest absolute Gasteiger partial charge is 0.370 e. The minimum absolute atomic E-state index is 0. The molecule has 0 aliphatic carbocycles. The van der Waals surface area contributed by atoms with E-state index in [-0.39, 0.29) is 24.0 Å². The Balaban J connectivity index is 0.00000192. The number of guanidine groups is 1. The highest BCUT2D eigenvalue weighted by atomic mass is 127. The number of benzene rings is 1. The van der Waals surface area contributed by atoms with Crippen LogP contribution in [0.3, 0.4) is 0 Å². The lowest BCUT2D eigenvalue weighted by Gasteiger charge is -2.20. The van der Waals surface area contributed by atoms with Gasteiger partial charge in [0.25, 0.3) is 0 Å². The van der Waals surface area contributed by atoms with Crippen molar-refractivity contribution in [3.63, 3.8) is 0 Å². The lowest BCUT2D eigenvalue weighted by molar-refractivity contribution is 0.420. The number of halogens is 1. The first kappa shape index (κ1) is 17.8. The molecule has 0 bridgehead atoms. The molecule has 1 aliphatic rings. The number of likely N-dealkylation sites (tertiary alicyclic amines) is 1. The summed E-state index contributed by atoms with van der Waals surface area (Å²) in [6.07, 6.45) is 4.96. The number of rotatable bonds is 3. The smallest absolute Gasteiger partial charge is 0.191 e. The average Bonchev–Trinajstić information content (AvgIpc) is 2.87. The first-order valence-electron chi connectivity index (χ1n) is 7.89. The highest BCUT2D eigenvalue weighted by molar-refractivity contribution is 14.0. The van der Waals surface area contributed by atoms with Crippen molar-refractivity contribution in [3.05, 3.63) is 42.1 Å². The lowest BCUT2D eigenvalue weighted by atomic mass is 10.2. The summed E-state index contributed by atoms with van der Waals surface area (Å²) in [6.45, 7) is 2.46. The van der Waals surface area contributed by atoms with Crippen molar-refractivity contribution < 1.29 is 4.52 Å². The van der Waals surface area contributed by atoms with E-state index in [9.17, 15) is 0 Å². The van der Waals surface area contributed by atoms with Crippen LogP contribution in [0.15, 0.2) is 45.9 Å². The second-order valence-corrected chi connectivity index (χ2v) is 5.62. The number of hydrogen-bond acceptors (Lipinski definition) is 3. The number of nitrogens with two attached hydrogens (primary N) is 1. The molecule has 0 atom stereocenters. The van der Waals surface area contributed by atoms with Crippen LogP contribution in [0.4, 0.5) is 0 Å². The van der Waals surface area contributed by atoms with E-state index in [1.54, 1.807) is 0 Å². The van der Waals surface area contributed by atoms with Gasteiger partial charge in [0.2, 0.25) is 0 Å². The fourth-order valence-corrected chi connectivity index (χ4v) is 2.69. The molecule has 1 saturated heterocycles. The number of aliphatic imine (C=N–C) groups is 1. The van der Waals surface area contributed by atoms with Crippen molar-refractivity contribution in [1.82, 2.24) is 10.1 Å². The van der Waals surface area contributed by atoms with E-state index in [0.717, 1.165) is 30.1 Å². The molecular formula is C17H23IN4O. The van der Waals surface area contributed by atoms with E-state index in [1.807, 2.05) is 36.4 Å². The standard InChI is InChI=1S/C17H22N4O.HI/c18-17(21-10-6-1-2-7-11-21)19-13-15-12-16(22-20-15)14-8-4-3-5-9-14;/h3-5,8-9,12H,1-2,6-7,10-11,13H2,(H2,18,19);1H. The number of hydrogen-bond donors (Lipinski definition) is 1. The zero-order chi connectivity index (χ0) is 15.2. The zero-order valence-corrected chi connectivity index (χ0v) is 15.5. The summed E-state index contributed by atoms with van der Waals surface area (Å²) in [6, 6.07) is 11.9. The molecule has 5 nitrogen and oxygen atoms in total. The summed E-state index contributed by atoms with van der Waals surface area (Å²) in [5.41, 5.74) is 7.92. The molecule has 2 heterocycles. The van der Waals surface area contributed by atoms with Gasteiger partial charge in [0.1, 0.15) is 5.69 Å². The van der Waals surface area contributed by atoms with E-state index in [0.29, 0.717) is 12.5 Å². The molecule has 0 unspecified atom stereocenters. The average molecular weight is 426 g/mol. The Morgan fingerprint density at radius 3 is 2.52 bits per heavy atom. The van der Waals surface area contributed by atoms with Crippen LogP contribution in [0.5, 0.6) is 0 Å². The maximum atomic E-state index is 6.10. The minimum Gasteiger partial charge on any atom is -0.370 e. The van der Waals surface area contributed by atoms with E-state index < -0.39 is 0 Å². The third-order valence-corrected chi connectivity index (χ3v) is 3.95. The molecule has 0 amide bonds. The number of aromatic nitrogens is 1. The van der Waals surface area contributed by atoms with E-state index >= 15 is 0 Å². The summed E-state index contributed by atoms with van der Waals surface area (Å²) in [7, 11) is 0. The quantitative estimate of drug-likeness (QED) is 0.462. The fourth-order valence-electron chi connectivity index (χ4n) is 2.69. The zero-order valence-electron chi connectivity index (χ0n) is 13.1. The molecule has 3 rings (SSSR count). The maximum absolute atomic E-state index is 6.10. The third-order valence-electron chi connectivity index (χ3n) is 3.95. The van der Waals surface area contributed by atoms with Gasteiger partial charge >= 0.3 is 0 Å². The van der Waals surface area contributed by atoms with Gasteiger partial charge in [0.15, 0.2) is 11.7 Å². The van der Waals surface area contributed by atoms with Gasteiger partial charge in [-0.25, -0.2) is 4.99 Å². The van der Waals surface area contributed by atoms with Crippen LogP contribution >= 0.6 is 24.0 Å². The molecule has 6 heteroatoms. The molecule has 2 N–H and O–H groups in total. The first-order valence-corrected chi connectivity index (χ1v) is 7.89. The van der Waals surface area contributed by atoms with Crippen molar-refractivity contribution in [2.45, 2.75) is 32.2 Å². The summed E-state index contributed by atoms with van der Waals surface area (Å²) in [4.78, 5) is 6.64. The molecule has 1 aromatic carbocycles. The summed E-state index contributed by atoms with van der Waals surface area (Å²) in [5, 5.41) is 4.07. The van der Waals surface area contributed by atoms with E-state index in [4.69, 9.17) is 10.3 Å². The van der Waals surface area contributed by atoms with Crippen molar-refractivity contribution in [2.75, 3.05) is 13.1 Å². The summed E-state index contributed by atoms with van der Waals surface area (Å²) in [5.74, 6) is 1.38. The highest BCUT2D eigenvalue weighted by Gasteiger charge is 2.11. The first-order chi connectivity index (χ1) is 10.8. The van der Waals surface area contributed by atoms with Gasteiger partial charge in [-0.2, -0.15) is 0 Å². The van der Waals surface area contributed by atoms with Gasteiger partial charge < -0.3 is 15.2 Å². The van der Waals surface area contributed by atoms with Crippen LogP contribution in [0.25, 0.3) is 11.3 Å². The monoisotopic (exact) mass is 426 g/mol. The minimum atomic E-state index is 0. The second-order valence-electron chi connectivity index (χ2n) is 5.62. The predicted octanol–water partition coefficient (Wildman–Crippen LogP) is 3.65. The van der Waals surface area contributed by atoms with Gasteiger partial charge in [-0.15, -0.1) is 24.0 Å². The summed E-state index contributed by atoms with van der Waals surface area (Å²) >= 11 is 0. The normalized spacial score (nSPS) is 15.8. The Labute approximate surface area is 154 Å². The summed E-state index contributed by atoms with van der Waals surface area (Å²) < 4.78 is 5.37. The fraction of sp³-hybridized carbons (Fsp3) is 0.412. The van der Waals surface area contributed by atoms with Crippen molar-refractivity contribution >= 4 is 29.9 Å². The molecular weight excluding hydrogens is 403 g/mol. The molecule has 0 saturated carbocycles. The van der Waals surface area contributed by atoms with Crippen molar-refractivity contribution in [3.8, 4) is 11.3 Å². The molecule has 23 heavy (non-hydrogen) atoms. The van der Waals surface area contributed by atoms with Crippen LogP contribution in [-0.4, -0.2) is 29.1 Å². The SMILES string of the molecule is I.NC(=NCc1cc(-c2ccccc2)on1)N1CCCCCC1. The molecule has 1 aromatic heterocycles. The molecule has 2 aromatic rings. The van der Waals surface area contributed by atoms with Gasteiger partial charge in [0.05, 0.1) is 6.54 Å². The van der Waals surface area contributed by atoms with Crippen LogP contribution in [0.1, 0.15) is 31.4 Å². The van der Waals surface area contributed by atoms with E-state index in [1.165, 1.54) is 25.7 Å². The van der Waals surface area contributed by atoms with Crippen molar-refractivity contribution in [1.29, 1.82) is 0 Å².